The Morgan fingerprint density at radius 1 is 1.00 bits per heavy atom. The van der Waals surface area contributed by atoms with Crippen molar-refractivity contribution < 1.29 is 14.0 Å². The molecule has 0 spiro atoms. The van der Waals surface area contributed by atoms with Crippen molar-refractivity contribution in [3.8, 4) is 6.07 Å². The van der Waals surface area contributed by atoms with Gasteiger partial charge in [0.15, 0.2) is 5.76 Å². The third-order valence-corrected chi connectivity index (χ3v) is 4.17. The third-order valence-electron chi connectivity index (χ3n) is 4.17. The van der Waals surface area contributed by atoms with Gasteiger partial charge in [-0.1, -0.05) is 42.5 Å². The first-order valence-electron chi connectivity index (χ1n) is 8.81. The van der Waals surface area contributed by atoms with Crippen LogP contribution in [0, 0.1) is 11.3 Å². The summed E-state index contributed by atoms with van der Waals surface area (Å²) >= 11 is 0. The zero-order valence-corrected chi connectivity index (χ0v) is 15.1. The zero-order valence-electron chi connectivity index (χ0n) is 15.1. The number of nitrogens with zero attached hydrogens (tertiary/aromatic N) is 1. The molecular weight excluding hydrogens is 354 g/mol. The first kappa shape index (κ1) is 18.9. The number of nitrogens with one attached hydrogen (secondary N) is 2. The maximum absolute atomic E-state index is 12.8. The second-order valence-electron chi connectivity index (χ2n) is 6.22. The molecule has 0 saturated carbocycles. The van der Waals surface area contributed by atoms with Gasteiger partial charge in [-0.2, -0.15) is 5.26 Å². The van der Waals surface area contributed by atoms with E-state index in [1.165, 1.54) is 6.26 Å². The molecule has 0 aliphatic rings. The Kier molecular flexibility index (Phi) is 6.21. The highest BCUT2D eigenvalue weighted by Gasteiger charge is 2.22. The fraction of sp³-hybridized carbons (Fsp3) is 0.136. The molecule has 2 N–H and O–H groups in total. The second-order valence-corrected chi connectivity index (χ2v) is 6.22. The van der Waals surface area contributed by atoms with E-state index in [0.717, 1.165) is 11.1 Å². The van der Waals surface area contributed by atoms with Crippen molar-refractivity contribution in [3.63, 3.8) is 0 Å². The number of carbonyl (C=O) groups excluding carboxylic acids is 2. The Bertz CT molecular complexity index is 976. The SMILES string of the molecule is N#Cc1cccc(CNC(=O)C(Cc2ccccc2)NC(=O)c2ccco2)c1. The van der Waals surface area contributed by atoms with Gasteiger partial charge in [0.05, 0.1) is 17.9 Å². The monoisotopic (exact) mass is 373 g/mol. The van der Waals surface area contributed by atoms with Gasteiger partial charge < -0.3 is 15.1 Å². The number of nitriles is 1. The molecule has 0 saturated heterocycles. The lowest BCUT2D eigenvalue weighted by atomic mass is 10.0. The first-order chi connectivity index (χ1) is 13.7. The summed E-state index contributed by atoms with van der Waals surface area (Å²) < 4.78 is 5.11. The molecule has 3 aromatic rings. The van der Waals surface area contributed by atoms with Crippen LogP contribution in [0.1, 0.15) is 27.2 Å². The lowest BCUT2D eigenvalue weighted by Crippen LogP contribution is -2.47. The molecule has 0 radical (unpaired) electrons. The molecule has 1 atom stereocenters. The minimum absolute atomic E-state index is 0.146. The number of amides is 2. The van der Waals surface area contributed by atoms with E-state index < -0.39 is 11.9 Å². The molecule has 0 bridgehead atoms. The van der Waals surface area contributed by atoms with E-state index in [2.05, 4.69) is 16.7 Å². The minimum atomic E-state index is -0.765. The van der Waals surface area contributed by atoms with Crippen LogP contribution in [0.25, 0.3) is 0 Å². The average molecular weight is 373 g/mol. The number of hydrogen-bond acceptors (Lipinski definition) is 4. The van der Waals surface area contributed by atoms with Crippen LogP contribution in [-0.4, -0.2) is 17.9 Å². The molecule has 2 amide bonds. The van der Waals surface area contributed by atoms with Gasteiger partial charge in [-0.05, 0) is 35.4 Å². The van der Waals surface area contributed by atoms with Crippen LogP contribution in [0.3, 0.4) is 0 Å². The Balaban J connectivity index is 1.70. The van der Waals surface area contributed by atoms with Gasteiger partial charge in [-0.25, -0.2) is 0 Å². The number of carbonyl (C=O) groups is 2. The first-order valence-corrected chi connectivity index (χ1v) is 8.81. The highest BCUT2D eigenvalue weighted by Crippen LogP contribution is 2.08. The van der Waals surface area contributed by atoms with Gasteiger partial charge in [-0.3, -0.25) is 9.59 Å². The van der Waals surface area contributed by atoms with E-state index in [4.69, 9.17) is 9.68 Å². The van der Waals surface area contributed by atoms with E-state index in [9.17, 15) is 9.59 Å². The summed E-state index contributed by atoms with van der Waals surface area (Å²) in [6.45, 7) is 0.260. The van der Waals surface area contributed by atoms with Gasteiger partial charge in [0.1, 0.15) is 6.04 Å². The molecular formula is C22H19N3O3. The standard InChI is InChI=1S/C22H19N3O3/c23-14-17-8-4-9-18(12-17)15-24-21(26)19(13-16-6-2-1-3-7-16)25-22(27)20-10-5-11-28-20/h1-12,19H,13,15H2,(H,24,26)(H,25,27). The summed E-state index contributed by atoms with van der Waals surface area (Å²) in [6.07, 6.45) is 1.75. The molecule has 0 aliphatic carbocycles. The number of benzene rings is 2. The fourth-order valence-electron chi connectivity index (χ4n) is 2.76. The van der Waals surface area contributed by atoms with Gasteiger partial charge in [0.2, 0.25) is 5.91 Å². The largest absolute Gasteiger partial charge is 0.459 e. The molecule has 1 aromatic heterocycles. The van der Waals surface area contributed by atoms with Crippen LogP contribution in [0.2, 0.25) is 0 Å². The fourth-order valence-corrected chi connectivity index (χ4v) is 2.76. The van der Waals surface area contributed by atoms with Crippen LogP contribution < -0.4 is 10.6 Å². The van der Waals surface area contributed by atoms with Crippen LogP contribution in [0.4, 0.5) is 0 Å². The van der Waals surface area contributed by atoms with Crippen LogP contribution in [-0.2, 0) is 17.8 Å². The Morgan fingerprint density at radius 3 is 2.50 bits per heavy atom. The van der Waals surface area contributed by atoms with E-state index >= 15 is 0 Å². The van der Waals surface area contributed by atoms with Crippen molar-refractivity contribution in [2.24, 2.45) is 0 Å². The van der Waals surface area contributed by atoms with Crippen molar-refractivity contribution in [1.29, 1.82) is 5.26 Å². The summed E-state index contributed by atoms with van der Waals surface area (Å²) in [5.41, 5.74) is 2.26. The maximum atomic E-state index is 12.8. The predicted octanol–water partition coefficient (Wildman–Crippen LogP) is 2.81. The van der Waals surface area contributed by atoms with E-state index in [-0.39, 0.29) is 18.2 Å². The summed E-state index contributed by atoms with van der Waals surface area (Å²) in [7, 11) is 0. The quantitative estimate of drug-likeness (QED) is 0.666. The zero-order chi connectivity index (χ0) is 19.8. The van der Waals surface area contributed by atoms with Crippen molar-refractivity contribution >= 4 is 11.8 Å². The van der Waals surface area contributed by atoms with Crippen molar-refractivity contribution in [3.05, 3.63) is 95.4 Å². The van der Waals surface area contributed by atoms with Gasteiger partial charge >= 0.3 is 0 Å². The summed E-state index contributed by atoms with van der Waals surface area (Å²) in [6, 6.07) is 20.9. The Hall–Kier alpha value is -3.85. The molecule has 6 nitrogen and oxygen atoms in total. The Labute approximate surface area is 162 Å². The highest BCUT2D eigenvalue weighted by atomic mass is 16.3. The molecule has 2 aromatic carbocycles. The molecule has 6 heteroatoms. The summed E-state index contributed by atoms with van der Waals surface area (Å²) in [5.74, 6) is -0.619. The van der Waals surface area contributed by atoms with Gasteiger partial charge in [0, 0.05) is 13.0 Å². The van der Waals surface area contributed by atoms with Crippen molar-refractivity contribution in [2.75, 3.05) is 0 Å². The molecule has 1 unspecified atom stereocenters. The normalized spacial score (nSPS) is 11.2. The number of rotatable bonds is 7. The lowest BCUT2D eigenvalue weighted by molar-refractivity contribution is -0.123. The predicted molar refractivity (Wildman–Crippen MR) is 103 cm³/mol. The molecule has 28 heavy (non-hydrogen) atoms. The maximum Gasteiger partial charge on any atom is 0.287 e. The average Bonchev–Trinajstić information content (AvgIpc) is 3.27. The number of hydrogen-bond donors (Lipinski definition) is 2. The van der Waals surface area contributed by atoms with Crippen LogP contribution in [0.5, 0.6) is 0 Å². The third kappa shape index (κ3) is 5.08. The molecule has 0 fully saturated rings. The highest BCUT2D eigenvalue weighted by molar-refractivity contribution is 5.95. The smallest absolute Gasteiger partial charge is 0.287 e. The topological polar surface area (TPSA) is 95.1 Å². The van der Waals surface area contributed by atoms with E-state index in [1.54, 1.807) is 30.3 Å². The number of furan rings is 1. The molecule has 140 valence electrons. The van der Waals surface area contributed by atoms with Gasteiger partial charge in [0.25, 0.3) is 5.91 Å². The van der Waals surface area contributed by atoms with Crippen molar-refractivity contribution in [2.45, 2.75) is 19.0 Å². The van der Waals surface area contributed by atoms with E-state index in [0.29, 0.717) is 12.0 Å². The molecule has 1 heterocycles. The van der Waals surface area contributed by atoms with Crippen LogP contribution >= 0.6 is 0 Å². The van der Waals surface area contributed by atoms with Crippen molar-refractivity contribution in [1.82, 2.24) is 10.6 Å². The van der Waals surface area contributed by atoms with Crippen LogP contribution in [0.15, 0.2) is 77.4 Å². The minimum Gasteiger partial charge on any atom is -0.459 e. The summed E-state index contributed by atoms with van der Waals surface area (Å²) in [5, 5.41) is 14.5. The molecule has 0 aliphatic heterocycles. The summed E-state index contributed by atoms with van der Waals surface area (Å²) in [4.78, 5) is 25.1. The molecule has 3 rings (SSSR count). The lowest BCUT2D eigenvalue weighted by Gasteiger charge is -2.18. The van der Waals surface area contributed by atoms with Gasteiger partial charge in [-0.15, -0.1) is 0 Å². The Morgan fingerprint density at radius 2 is 1.79 bits per heavy atom. The van der Waals surface area contributed by atoms with E-state index in [1.807, 2.05) is 36.4 Å². The second kappa shape index (κ2) is 9.19.